The van der Waals surface area contributed by atoms with E-state index in [1.165, 1.54) is 15.9 Å². The molecule has 8 heteroatoms. The average Bonchev–Trinajstić information content (AvgIpc) is 3.29. The average molecular weight is 531 g/mol. The number of thiophene rings is 1. The molecule has 2 aromatic heterocycles. The minimum absolute atomic E-state index is 0.180. The predicted octanol–water partition coefficient (Wildman–Crippen LogP) is 5.88. The number of benzene rings is 2. The van der Waals surface area contributed by atoms with Crippen LogP contribution in [0.15, 0.2) is 58.3 Å². The normalized spacial score (nSPS) is 15.1. The van der Waals surface area contributed by atoms with Crippen LogP contribution < -0.4 is 10.3 Å². The second-order valence-corrected chi connectivity index (χ2v) is 10.6. The number of carbonyl (C=O) groups is 1. The van der Waals surface area contributed by atoms with Gasteiger partial charge in [-0.05, 0) is 61.4 Å². The summed E-state index contributed by atoms with van der Waals surface area (Å²) < 4.78 is 11.9. The molecule has 0 amide bonds. The molecule has 0 bridgehead atoms. The summed E-state index contributed by atoms with van der Waals surface area (Å²) in [6.45, 7) is 4.47. The van der Waals surface area contributed by atoms with E-state index in [-0.39, 0.29) is 30.6 Å². The Kier molecular flexibility index (Phi) is 7.33. The van der Waals surface area contributed by atoms with Gasteiger partial charge in [0.1, 0.15) is 10.8 Å². The van der Waals surface area contributed by atoms with E-state index in [0.717, 1.165) is 35.3 Å². The summed E-state index contributed by atoms with van der Waals surface area (Å²) in [5, 5.41) is 13.0. The molecule has 196 valence electrons. The van der Waals surface area contributed by atoms with Gasteiger partial charge in [0.25, 0.3) is 5.56 Å². The Bertz CT molecular complexity index is 1580. The number of hydrogen-bond acceptors (Lipinski definition) is 7. The van der Waals surface area contributed by atoms with E-state index in [1.807, 2.05) is 30.3 Å². The van der Waals surface area contributed by atoms with Crippen LogP contribution in [0.25, 0.3) is 10.8 Å². The van der Waals surface area contributed by atoms with Crippen molar-refractivity contribution in [3.05, 3.63) is 86.0 Å². The zero-order valence-corrected chi connectivity index (χ0v) is 22.5. The van der Waals surface area contributed by atoms with Crippen molar-refractivity contribution in [3.8, 4) is 11.6 Å². The smallest absolute Gasteiger partial charge is 0.341 e. The second kappa shape index (κ2) is 10.8. The van der Waals surface area contributed by atoms with Crippen molar-refractivity contribution in [2.45, 2.75) is 39.7 Å². The number of carbonyl (C=O) groups excluding carboxylic acids is 1. The van der Waals surface area contributed by atoms with Crippen molar-refractivity contribution in [3.63, 3.8) is 0 Å². The number of methoxy groups -OCH3 is 1. The maximum Gasteiger partial charge on any atom is 0.341 e. The molecule has 2 heterocycles. The zero-order chi connectivity index (χ0) is 26.8. The highest BCUT2D eigenvalue weighted by molar-refractivity contribution is 7.16. The van der Waals surface area contributed by atoms with Gasteiger partial charge >= 0.3 is 5.97 Å². The Morgan fingerprint density at radius 2 is 1.92 bits per heavy atom. The van der Waals surface area contributed by atoms with E-state index in [4.69, 9.17) is 14.5 Å². The molecule has 7 nitrogen and oxygen atoms in total. The molecule has 1 N–H and O–H groups in total. The zero-order valence-electron chi connectivity index (χ0n) is 21.7. The van der Waals surface area contributed by atoms with Crippen molar-refractivity contribution in [2.24, 2.45) is 10.9 Å². The number of pyridine rings is 1. The first kappa shape index (κ1) is 25.7. The summed E-state index contributed by atoms with van der Waals surface area (Å²) in [6, 6.07) is 14.5. The maximum absolute atomic E-state index is 13.4. The van der Waals surface area contributed by atoms with Crippen LogP contribution in [-0.2, 0) is 24.1 Å². The van der Waals surface area contributed by atoms with Crippen LogP contribution in [0.1, 0.15) is 52.2 Å². The first-order valence-corrected chi connectivity index (χ1v) is 13.6. The third-order valence-electron chi connectivity index (χ3n) is 6.97. The van der Waals surface area contributed by atoms with Crippen molar-refractivity contribution in [1.82, 2.24) is 4.57 Å². The Balaban J connectivity index is 1.62. The molecule has 0 saturated heterocycles. The van der Waals surface area contributed by atoms with Crippen molar-refractivity contribution in [1.29, 1.82) is 0 Å². The first-order chi connectivity index (χ1) is 18.4. The molecule has 1 atom stereocenters. The molecule has 0 saturated carbocycles. The minimum Gasteiger partial charge on any atom is -0.497 e. The van der Waals surface area contributed by atoms with Gasteiger partial charge in [0.15, 0.2) is 0 Å². The van der Waals surface area contributed by atoms with Gasteiger partial charge in [0.05, 0.1) is 31.4 Å². The van der Waals surface area contributed by atoms with Gasteiger partial charge in [-0.2, -0.15) is 0 Å². The van der Waals surface area contributed by atoms with Crippen LogP contribution >= 0.6 is 11.3 Å². The highest BCUT2D eigenvalue weighted by atomic mass is 32.1. The van der Waals surface area contributed by atoms with Gasteiger partial charge in [-0.1, -0.05) is 37.3 Å². The van der Waals surface area contributed by atoms with Gasteiger partial charge in [-0.15, -0.1) is 11.3 Å². The third-order valence-corrected chi connectivity index (χ3v) is 8.14. The molecule has 0 spiro atoms. The molecular weight excluding hydrogens is 500 g/mol. The summed E-state index contributed by atoms with van der Waals surface area (Å²) in [5.74, 6) is 0.704. The van der Waals surface area contributed by atoms with Crippen molar-refractivity contribution < 1.29 is 19.4 Å². The topological polar surface area (TPSA) is 90.1 Å². The van der Waals surface area contributed by atoms with Gasteiger partial charge in [0, 0.05) is 21.9 Å². The fourth-order valence-electron chi connectivity index (χ4n) is 4.96. The Morgan fingerprint density at radius 3 is 2.63 bits per heavy atom. The van der Waals surface area contributed by atoms with E-state index < -0.39 is 0 Å². The van der Waals surface area contributed by atoms with Crippen molar-refractivity contribution in [2.75, 3.05) is 13.7 Å². The lowest BCUT2D eigenvalue weighted by atomic mass is 9.88. The number of esters is 1. The molecule has 1 aliphatic rings. The number of hydrogen-bond donors (Lipinski definition) is 1. The molecule has 1 aliphatic carbocycles. The molecule has 0 aliphatic heterocycles. The molecule has 38 heavy (non-hydrogen) atoms. The molecule has 2 aromatic carbocycles. The van der Waals surface area contributed by atoms with Gasteiger partial charge in [-0.3, -0.25) is 9.36 Å². The lowest BCUT2D eigenvalue weighted by molar-refractivity contribution is 0.0526. The maximum atomic E-state index is 13.4. The largest absolute Gasteiger partial charge is 0.497 e. The van der Waals surface area contributed by atoms with Crippen molar-refractivity contribution >= 4 is 39.3 Å². The number of ether oxygens (including phenoxy) is 2. The van der Waals surface area contributed by atoms with Crippen LogP contribution in [0.2, 0.25) is 0 Å². The van der Waals surface area contributed by atoms with E-state index in [2.05, 4.69) is 6.92 Å². The lowest BCUT2D eigenvalue weighted by Gasteiger charge is -2.18. The van der Waals surface area contributed by atoms with Crippen LogP contribution in [0.3, 0.4) is 0 Å². The summed E-state index contributed by atoms with van der Waals surface area (Å²) >= 11 is 1.50. The Labute approximate surface area is 225 Å². The molecular formula is C30H30N2O5S. The fraction of sp³-hybridized carbons (Fsp3) is 0.300. The van der Waals surface area contributed by atoms with E-state index in [0.29, 0.717) is 38.6 Å². The standard InChI is InChI=1S/C30H30N2O5S/c1-4-37-30(35)26-23-14-9-18(2)15-25(23)38-27(26)31-16-24-21-7-5-6-8-22(21)28(33)32(29(24)34)17-19-10-12-20(36-3)13-11-19/h5-8,10-13,16,18,34H,4,9,14-15,17H2,1-3H3/t18-/m0/s1. The van der Waals surface area contributed by atoms with E-state index in [9.17, 15) is 14.7 Å². The lowest BCUT2D eigenvalue weighted by Crippen LogP contribution is -2.22. The number of rotatable bonds is 7. The van der Waals surface area contributed by atoms with Crippen LogP contribution in [0.5, 0.6) is 11.6 Å². The van der Waals surface area contributed by atoms with Gasteiger partial charge < -0.3 is 14.6 Å². The monoisotopic (exact) mass is 530 g/mol. The number of aromatic nitrogens is 1. The molecule has 0 unspecified atom stereocenters. The highest BCUT2D eigenvalue weighted by Gasteiger charge is 2.28. The van der Waals surface area contributed by atoms with Gasteiger partial charge in [-0.25, -0.2) is 9.79 Å². The Hall–Kier alpha value is -3.91. The van der Waals surface area contributed by atoms with E-state index >= 15 is 0 Å². The number of aliphatic imine (C=N–C) groups is 1. The molecule has 0 fully saturated rings. The quantitative estimate of drug-likeness (QED) is 0.238. The van der Waals surface area contributed by atoms with Gasteiger partial charge in [0.2, 0.25) is 5.88 Å². The highest BCUT2D eigenvalue weighted by Crippen LogP contribution is 2.41. The first-order valence-electron chi connectivity index (χ1n) is 12.7. The SMILES string of the molecule is CCOC(=O)c1c(N=Cc2c(O)n(Cc3ccc(OC)cc3)c(=O)c3ccccc23)sc2c1CC[C@H](C)C2. The van der Waals surface area contributed by atoms with Crippen LogP contribution in [0, 0.1) is 5.92 Å². The summed E-state index contributed by atoms with van der Waals surface area (Å²) in [6.07, 6.45) is 4.30. The summed E-state index contributed by atoms with van der Waals surface area (Å²) in [7, 11) is 1.60. The minimum atomic E-state index is -0.370. The molecule has 0 radical (unpaired) electrons. The molecule has 5 rings (SSSR count). The fourth-order valence-corrected chi connectivity index (χ4v) is 6.31. The van der Waals surface area contributed by atoms with Crippen LogP contribution in [0.4, 0.5) is 5.00 Å². The third kappa shape index (κ3) is 4.84. The number of fused-ring (bicyclic) bond motifs is 2. The van der Waals surface area contributed by atoms with E-state index in [1.54, 1.807) is 38.4 Å². The predicted molar refractivity (Wildman–Crippen MR) is 151 cm³/mol. The summed E-state index contributed by atoms with van der Waals surface area (Å²) in [4.78, 5) is 32.2. The summed E-state index contributed by atoms with van der Waals surface area (Å²) in [5.41, 5.74) is 2.51. The van der Waals surface area contributed by atoms with Crippen LogP contribution in [-0.4, -0.2) is 35.6 Å². The molecule has 4 aromatic rings. The number of aromatic hydroxyl groups is 1. The Morgan fingerprint density at radius 1 is 1.18 bits per heavy atom. The second-order valence-electron chi connectivity index (χ2n) is 9.53. The number of nitrogens with zero attached hydrogens (tertiary/aromatic N) is 2.